The zero-order valence-electron chi connectivity index (χ0n) is 31.6. The number of ether oxygens (including phenoxy) is 3. The van der Waals surface area contributed by atoms with Crippen LogP contribution in [0, 0.1) is 28.7 Å². The molecule has 0 bridgehead atoms. The van der Waals surface area contributed by atoms with E-state index in [1.165, 1.54) is 18.3 Å². The standard InChI is InChI=1S/C31H27F2N5O2.C12H9BrN2O3/c1-19-29(25-8-3-4-9-34-25)36-26-16-21(32)15-24(33)28(26)30(19)37-27-17-22(38-10-12-40-13-11-38)18-35-31(27)20-6-5-7-23(14-20)39-2;1-18-10-4-2-3-8(5-10)12-11(15(16)17)6-9(13)7-14-12/h3-9,14-18H,10-13H2,1-2H3,(H,36,37);2-7H,1H3. The second-order valence-corrected chi connectivity index (χ2v) is 13.9. The van der Waals surface area contributed by atoms with Gasteiger partial charge in [0.1, 0.15) is 28.8 Å². The van der Waals surface area contributed by atoms with Crippen molar-refractivity contribution in [3.05, 3.63) is 141 Å². The molecule has 0 unspecified atom stereocenters. The number of rotatable bonds is 9. The van der Waals surface area contributed by atoms with Crippen LogP contribution in [0.5, 0.6) is 11.5 Å². The number of halogens is 3. The Bertz CT molecular complexity index is 2610. The molecule has 0 amide bonds. The van der Waals surface area contributed by atoms with Crippen LogP contribution in [0.3, 0.4) is 0 Å². The van der Waals surface area contributed by atoms with Crippen molar-refractivity contribution in [1.29, 1.82) is 0 Å². The average Bonchev–Trinajstić information content (AvgIpc) is 3.25. The second kappa shape index (κ2) is 17.7. The molecule has 294 valence electrons. The highest BCUT2D eigenvalue weighted by Gasteiger charge is 2.22. The minimum atomic E-state index is -0.708. The first-order valence-electron chi connectivity index (χ1n) is 18.0. The predicted octanol–water partition coefficient (Wildman–Crippen LogP) is 9.96. The van der Waals surface area contributed by atoms with Gasteiger partial charge < -0.3 is 24.4 Å². The molecule has 1 aliphatic rings. The van der Waals surface area contributed by atoms with E-state index in [2.05, 4.69) is 41.1 Å². The monoisotopic (exact) mass is 847 g/mol. The van der Waals surface area contributed by atoms with Gasteiger partial charge >= 0.3 is 0 Å². The van der Waals surface area contributed by atoms with Gasteiger partial charge in [-0.1, -0.05) is 30.3 Å². The van der Waals surface area contributed by atoms with Crippen molar-refractivity contribution in [3.8, 4) is 45.4 Å². The fraction of sp³-hybridized carbons (Fsp3) is 0.163. The molecule has 0 aliphatic carbocycles. The van der Waals surface area contributed by atoms with Gasteiger partial charge in [-0.2, -0.15) is 0 Å². The lowest BCUT2D eigenvalue weighted by Gasteiger charge is -2.29. The van der Waals surface area contributed by atoms with Crippen LogP contribution < -0.4 is 19.7 Å². The Balaban J connectivity index is 0.000000238. The maximum atomic E-state index is 15.4. The Morgan fingerprint density at radius 2 is 1.52 bits per heavy atom. The molecule has 0 saturated carbocycles. The summed E-state index contributed by atoms with van der Waals surface area (Å²) in [6.07, 6.45) is 5.02. The minimum Gasteiger partial charge on any atom is -0.497 e. The Morgan fingerprint density at radius 3 is 2.17 bits per heavy atom. The van der Waals surface area contributed by atoms with Crippen molar-refractivity contribution in [2.24, 2.45) is 0 Å². The second-order valence-electron chi connectivity index (χ2n) is 13.0. The molecular weight excluding hydrogens is 812 g/mol. The van der Waals surface area contributed by atoms with Crippen molar-refractivity contribution in [2.45, 2.75) is 6.92 Å². The number of anilines is 3. The third-order valence-electron chi connectivity index (χ3n) is 9.38. The number of morpholine rings is 1. The average molecular weight is 849 g/mol. The van der Waals surface area contributed by atoms with Crippen molar-refractivity contribution in [3.63, 3.8) is 0 Å². The number of benzene rings is 3. The van der Waals surface area contributed by atoms with Crippen molar-refractivity contribution in [1.82, 2.24) is 19.9 Å². The molecule has 5 heterocycles. The van der Waals surface area contributed by atoms with Crippen LogP contribution in [-0.2, 0) is 4.74 Å². The van der Waals surface area contributed by atoms with E-state index in [4.69, 9.17) is 19.2 Å². The summed E-state index contributed by atoms with van der Waals surface area (Å²) in [5, 5.41) is 14.7. The number of aromatic nitrogens is 4. The molecule has 0 radical (unpaired) electrons. The van der Waals surface area contributed by atoms with Crippen molar-refractivity contribution >= 4 is 49.6 Å². The van der Waals surface area contributed by atoms with E-state index in [1.54, 1.807) is 44.7 Å². The normalized spacial score (nSPS) is 12.4. The smallest absolute Gasteiger partial charge is 0.296 e. The fourth-order valence-electron chi connectivity index (χ4n) is 6.55. The van der Waals surface area contributed by atoms with E-state index in [1.807, 2.05) is 61.7 Å². The quantitative estimate of drug-likeness (QED) is 0.110. The number of nitro groups is 1. The van der Waals surface area contributed by atoms with Gasteiger partial charge in [-0.05, 0) is 65.3 Å². The van der Waals surface area contributed by atoms with Gasteiger partial charge in [-0.3, -0.25) is 20.1 Å². The van der Waals surface area contributed by atoms with E-state index < -0.39 is 16.6 Å². The molecule has 0 spiro atoms. The molecule has 4 aromatic heterocycles. The zero-order valence-corrected chi connectivity index (χ0v) is 33.2. The third kappa shape index (κ3) is 8.70. The van der Waals surface area contributed by atoms with Crippen LogP contribution >= 0.6 is 15.9 Å². The maximum Gasteiger partial charge on any atom is 0.296 e. The number of nitrogens with zero attached hydrogens (tertiary/aromatic N) is 6. The number of hydrogen-bond acceptors (Lipinski definition) is 11. The molecule has 12 nitrogen and oxygen atoms in total. The summed E-state index contributed by atoms with van der Waals surface area (Å²) in [5.41, 5.74) is 6.42. The zero-order chi connectivity index (χ0) is 40.8. The number of hydrogen-bond donors (Lipinski definition) is 1. The fourth-order valence-corrected chi connectivity index (χ4v) is 6.87. The molecule has 8 rings (SSSR count). The van der Waals surface area contributed by atoms with Crippen molar-refractivity contribution in [2.75, 3.05) is 50.7 Å². The third-order valence-corrected chi connectivity index (χ3v) is 9.81. The molecule has 1 aliphatic heterocycles. The molecule has 58 heavy (non-hydrogen) atoms. The van der Waals surface area contributed by atoms with Crippen LogP contribution in [0.1, 0.15) is 5.56 Å². The summed E-state index contributed by atoms with van der Waals surface area (Å²) >= 11 is 3.17. The Hall–Kier alpha value is -6.58. The highest BCUT2D eigenvalue weighted by Crippen LogP contribution is 2.40. The van der Waals surface area contributed by atoms with Gasteiger partial charge in [0.2, 0.25) is 0 Å². The molecule has 1 fully saturated rings. The molecule has 1 saturated heterocycles. The van der Waals surface area contributed by atoms with Crippen LogP contribution in [0.2, 0.25) is 0 Å². The van der Waals surface area contributed by atoms with Gasteiger partial charge in [0.25, 0.3) is 5.69 Å². The molecule has 7 aromatic rings. The minimum absolute atomic E-state index is 0.0439. The van der Waals surface area contributed by atoms with Crippen LogP contribution in [0.15, 0.2) is 114 Å². The van der Waals surface area contributed by atoms with Gasteiger partial charge in [0.15, 0.2) is 0 Å². The van der Waals surface area contributed by atoms with E-state index in [9.17, 15) is 14.5 Å². The van der Waals surface area contributed by atoms with Gasteiger partial charge in [0.05, 0.1) is 83.6 Å². The van der Waals surface area contributed by atoms with Gasteiger partial charge in [-0.15, -0.1) is 0 Å². The van der Waals surface area contributed by atoms with Gasteiger partial charge in [0, 0.05) is 64.8 Å². The largest absolute Gasteiger partial charge is 0.497 e. The maximum absolute atomic E-state index is 15.4. The van der Waals surface area contributed by atoms with E-state index in [0.29, 0.717) is 74.5 Å². The Morgan fingerprint density at radius 1 is 0.828 bits per heavy atom. The summed E-state index contributed by atoms with van der Waals surface area (Å²) in [6.45, 7) is 4.56. The first kappa shape index (κ1) is 39.6. The number of nitrogens with one attached hydrogen (secondary N) is 1. The SMILES string of the molecule is COc1cccc(-c2ncc(Br)cc2[N+](=O)[O-])c1.COc1cccc(-c2ncc(N3CCOCC3)cc2Nc2c(C)c(-c3ccccn3)nc3cc(F)cc(F)c23)c1. The molecule has 1 N–H and O–H groups in total. The van der Waals surface area contributed by atoms with Crippen molar-refractivity contribution < 1.29 is 27.9 Å². The summed E-state index contributed by atoms with van der Waals surface area (Å²) in [5.74, 6) is -0.0910. The van der Waals surface area contributed by atoms with E-state index in [0.717, 1.165) is 30.4 Å². The summed E-state index contributed by atoms with van der Waals surface area (Å²) in [6, 6.07) is 25.6. The highest BCUT2D eigenvalue weighted by atomic mass is 79.9. The molecule has 0 atom stereocenters. The Kier molecular flexibility index (Phi) is 12.1. The van der Waals surface area contributed by atoms with Crippen LogP contribution in [0.4, 0.5) is 31.5 Å². The molecule has 15 heteroatoms. The first-order chi connectivity index (χ1) is 28.1. The molecular formula is C43H36BrF2N7O5. The summed E-state index contributed by atoms with van der Waals surface area (Å²) < 4.78 is 46.4. The van der Waals surface area contributed by atoms with Crippen LogP contribution in [0.25, 0.3) is 44.8 Å². The predicted molar refractivity (Wildman–Crippen MR) is 223 cm³/mol. The lowest BCUT2D eigenvalue weighted by atomic mass is 10.0. The Labute approximate surface area is 340 Å². The lowest BCUT2D eigenvalue weighted by Crippen LogP contribution is -2.36. The number of fused-ring (bicyclic) bond motifs is 1. The highest BCUT2D eigenvalue weighted by molar-refractivity contribution is 9.10. The van der Waals surface area contributed by atoms with E-state index >= 15 is 4.39 Å². The number of pyridine rings is 4. The van der Waals surface area contributed by atoms with E-state index in [-0.39, 0.29) is 16.6 Å². The summed E-state index contributed by atoms with van der Waals surface area (Å²) in [7, 11) is 3.16. The van der Waals surface area contributed by atoms with Gasteiger partial charge in [-0.25, -0.2) is 18.7 Å². The summed E-state index contributed by atoms with van der Waals surface area (Å²) in [4.78, 5) is 30.8. The lowest BCUT2D eigenvalue weighted by molar-refractivity contribution is -0.384. The van der Waals surface area contributed by atoms with Crippen LogP contribution in [-0.4, -0.2) is 65.4 Å². The topological polar surface area (TPSA) is 138 Å². The first-order valence-corrected chi connectivity index (χ1v) is 18.8. The molecule has 3 aromatic carbocycles. The number of methoxy groups -OCH3 is 2.